The van der Waals surface area contributed by atoms with Crippen LogP contribution in [-0.4, -0.2) is 52.7 Å². The Hall–Kier alpha value is -3.81. The van der Waals surface area contributed by atoms with E-state index in [9.17, 15) is 24.3 Å². The van der Waals surface area contributed by atoms with Crippen molar-refractivity contribution in [2.75, 3.05) is 6.61 Å². The Morgan fingerprint density at radius 1 is 1.03 bits per heavy atom. The Balaban J connectivity index is 1.94. The molecule has 0 heterocycles. The average Bonchev–Trinajstić information content (AvgIpc) is 2.75. The van der Waals surface area contributed by atoms with Crippen LogP contribution < -0.4 is 10.1 Å². The van der Waals surface area contributed by atoms with Crippen molar-refractivity contribution in [3.63, 3.8) is 0 Å². The van der Waals surface area contributed by atoms with E-state index >= 15 is 0 Å². The SMILES string of the molecule is CC(COc1ccc(C(=O)c2ccc(N=C=O)cc2)cc1)C(=O)NC(C(=O)O)C(C)O. The molecule has 2 aromatic carbocycles. The average molecular weight is 426 g/mol. The van der Waals surface area contributed by atoms with Crippen LogP contribution in [0.1, 0.15) is 29.8 Å². The van der Waals surface area contributed by atoms with E-state index in [2.05, 4.69) is 10.3 Å². The van der Waals surface area contributed by atoms with Gasteiger partial charge in [0.15, 0.2) is 11.8 Å². The molecule has 0 aliphatic heterocycles. The van der Waals surface area contributed by atoms with Gasteiger partial charge in [-0.25, -0.2) is 9.59 Å². The summed E-state index contributed by atoms with van der Waals surface area (Å²) in [5.74, 6) is -2.37. The minimum atomic E-state index is -1.40. The highest BCUT2D eigenvalue weighted by atomic mass is 16.5. The number of nitrogens with one attached hydrogen (secondary N) is 1. The van der Waals surface area contributed by atoms with Crippen molar-refractivity contribution in [2.24, 2.45) is 10.9 Å². The molecular weight excluding hydrogens is 404 g/mol. The fourth-order valence-electron chi connectivity index (χ4n) is 2.59. The molecule has 0 aromatic heterocycles. The maximum Gasteiger partial charge on any atom is 0.328 e. The van der Waals surface area contributed by atoms with Crippen LogP contribution in [0.15, 0.2) is 53.5 Å². The molecule has 0 aliphatic rings. The number of ether oxygens (including phenoxy) is 1. The molecule has 3 unspecified atom stereocenters. The summed E-state index contributed by atoms with van der Waals surface area (Å²) in [6.45, 7) is 2.81. The molecule has 0 aliphatic carbocycles. The van der Waals surface area contributed by atoms with Gasteiger partial charge in [0.05, 0.1) is 24.3 Å². The molecule has 0 radical (unpaired) electrons. The van der Waals surface area contributed by atoms with Crippen LogP contribution in [0, 0.1) is 5.92 Å². The molecule has 0 spiro atoms. The normalized spacial score (nSPS) is 13.3. The summed E-state index contributed by atoms with van der Waals surface area (Å²) >= 11 is 0. The number of aliphatic hydroxyl groups is 1. The van der Waals surface area contributed by atoms with E-state index in [4.69, 9.17) is 9.84 Å². The lowest BCUT2D eigenvalue weighted by Gasteiger charge is -2.20. The van der Waals surface area contributed by atoms with E-state index in [1.807, 2.05) is 0 Å². The third-order valence-electron chi connectivity index (χ3n) is 4.41. The first kappa shape index (κ1) is 23.5. The zero-order chi connectivity index (χ0) is 23.0. The topological polar surface area (TPSA) is 142 Å². The highest BCUT2D eigenvalue weighted by Crippen LogP contribution is 2.18. The third-order valence-corrected chi connectivity index (χ3v) is 4.41. The van der Waals surface area contributed by atoms with Gasteiger partial charge in [-0.2, -0.15) is 4.99 Å². The van der Waals surface area contributed by atoms with Gasteiger partial charge in [0.2, 0.25) is 12.0 Å². The van der Waals surface area contributed by atoms with Crippen molar-refractivity contribution < 1.29 is 34.1 Å². The number of benzene rings is 2. The maximum atomic E-state index is 12.5. The van der Waals surface area contributed by atoms with Crippen LogP contribution >= 0.6 is 0 Å². The predicted octanol–water partition coefficient (Wildman–Crippen LogP) is 1.85. The molecule has 3 N–H and O–H groups in total. The predicted molar refractivity (Wildman–Crippen MR) is 110 cm³/mol. The van der Waals surface area contributed by atoms with E-state index in [0.717, 1.165) is 0 Å². The molecule has 0 saturated heterocycles. The van der Waals surface area contributed by atoms with Gasteiger partial charge in [-0.05, 0) is 55.5 Å². The standard InChI is InChI=1S/C22H22N2O7/c1-13(21(28)24-19(14(2)26)22(29)30)11-31-18-9-5-16(6-10-18)20(27)15-3-7-17(8-4-15)23-12-25/h3-10,13-14,19,26H,11H2,1-2H3,(H,24,28)(H,29,30). The second kappa shape index (κ2) is 10.8. The molecule has 0 bridgehead atoms. The summed E-state index contributed by atoms with van der Waals surface area (Å²) in [5, 5.41) is 20.7. The minimum absolute atomic E-state index is 0.0238. The van der Waals surface area contributed by atoms with Gasteiger partial charge in [0, 0.05) is 11.1 Å². The highest BCUT2D eigenvalue weighted by molar-refractivity contribution is 6.09. The second-order valence-corrected chi connectivity index (χ2v) is 6.88. The Morgan fingerprint density at radius 2 is 1.58 bits per heavy atom. The molecule has 162 valence electrons. The fraction of sp³-hybridized carbons (Fsp3) is 0.273. The molecule has 0 fully saturated rings. The number of carbonyl (C=O) groups excluding carboxylic acids is 3. The summed E-state index contributed by atoms with van der Waals surface area (Å²) in [6.07, 6.45) is 0.188. The fourth-order valence-corrected chi connectivity index (χ4v) is 2.59. The van der Waals surface area contributed by atoms with Crippen LogP contribution in [0.25, 0.3) is 0 Å². The zero-order valence-corrected chi connectivity index (χ0v) is 16.9. The van der Waals surface area contributed by atoms with Crippen molar-refractivity contribution in [3.8, 4) is 5.75 Å². The summed E-state index contributed by atoms with van der Waals surface area (Å²) in [7, 11) is 0. The lowest BCUT2D eigenvalue weighted by molar-refractivity contribution is -0.145. The van der Waals surface area contributed by atoms with Crippen molar-refractivity contribution in [1.82, 2.24) is 5.32 Å². The summed E-state index contributed by atoms with van der Waals surface area (Å²) in [5.41, 5.74) is 1.25. The van der Waals surface area contributed by atoms with Crippen LogP contribution in [0.2, 0.25) is 0 Å². The zero-order valence-electron chi connectivity index (χ0n) is 16.9. The number of nitrogens with zero attached hydrogens (tertiary/aromatic N) is 1. The van der Waals surface area contributed by atoms with Crippen LogP contribution in [0.4, 0.5) is 5.69 Å². The first-order chi connectivity index (χ1) is 14.7. The van der Waals surface area contributed by atoms with E-state index in [1.165, 1.54) is 25.1 Å². The van der Waals surface area contributed by atoms with E-state index in [0.29, 0.717) is 22.6 Å². The number of aliphatic hydroxyl groups excluding tert-OH is 1. The first-order valence-electron chi connectivity index (χ1n) is 9.39. The maximum absolute atomic E-state index is 12.5. The van der Waals surface area contributed by atoms with Crippen LogP contribution in [-0.2, 0) is 14.4 Å². The first-order valence-corrected chi connectivity index (χ1v) is 9.39. The number of carbonyl (C=O) groups is 3. The number of amides is 1. The Kier molecular flexibility index (Phi) is 8.19. The number of rotatable bonds is 10. The van der Waals surface area contributed by atoms with Crippen molar-refractivity contribution in [2.45, 2.75) is 26.0 Å². The quantitative estimate of drug-likeness (QED) is 0.299. The van der Waals surface area contributed by atoms with E-state index in [1.54, 1.807) is 43.3 Å². The third kappa shape index (κ3) is 6.60. The van der Waals surface area contributed by atoms with E-state index in [-0.39, 0.29) is 12.4 Å². The lowest BCUT2D eigenvalue weighted by Crippen LogP contribution is -2.49. The van der Waals surface area contributed by atoms with Gasteiger partial charge in [-0.3, -0.25) is 9.59 Å². The Labute approximate surface area is 178 Å². The summed E-state index contributed by atoms with van der Waals surface area (Å²) in [4.78, 5) is 49.4. The molecule has 0 saturated carbocycles. The monoisotopic (exact) mass is 426 g/mol. The molecule has 9 nitrogen and oxygen atoms in total. The van der Waals surface area contributed by atoms with E-state index < -0.39 is 29.9 Å². The molecule has 9 heteroatoms. The molecule has 31 heavy (non-hydrogen) atoms. The van der Waals surface area contributed by atoms with Crippen LogP contribution in [0.5, 0.6) is 5.75 Å². The smallest absolute Gasteiger partial charge is 0.328 e. The lowest BCUT2D eigenvalue weighted by atomic mass is 10.0. The molecule has 1 amide bonds. The number of carboxylic acid groups (broad SMARTS) is 1. The Bertz CT molecular complexity index is 978. The highest BCUT2D eigenvalue weighted by Gasteiger charge is 2.27. The van der Waals surface area contributed by atoms with Crippen molar-refractivity contribution >= 4 is 29.4 Å². The number of isocyanates is 1. The van der Waals surface area contributed by atoms with Gasteiger partial charge in [0.25, 0.3) is 0 Å². The van der Waals surface area contributed by atoms with Crippen molar-refractivity contribution in [3.05, 3.63) is 59.7 Å². The summed E-state index contributed by atoms with van der Waals surface area (Å²) < 4.78 is 5.54. The van der Waals surface area contributed by atoms with Crippen LogP contribution in [0.3, 0.4) is 0 Å². The number of carboxylic acids is 1. The van der Waals surface area contributed by atoms with Gasteiger partial charge >= 0.3 is 5.97 Å². The molecule has 3 atom stereocenters. The number of ketones is 1. The molecule has 2 rings (SSSR count). The summed E-state index contributed by atoms with van der Waals surface area (Å²) in [6, 6.07) is 11.1. The number of aliphatic carboxylic acids is 1. The van der Waals surface area contributed by atoms with Gasteiger partial charge in [-0.15, -0.1) is 0 Å². The molecular formula is C22H22N2O7. The number of aliphatic imine (C=N–C) groups is 1. The second-order valence-electron chi connectivity index (χ2n) is 6.88. The Morgan fingerprint density at radius 3 is 2.06 bits per heavy atom. The van der Waals surface area contributed by atoms with Gasteiger partial charge in [0.1, 0.15) is 5.75 Å². The van der Waals surface area contributed by atoms with Crippen molar-refractivity contribution in [1.29, 1.82) is 0 Å². The number of hydrogen-bond acceptors (Lipinski definition) is 7. The van der Waals surface area contributed by atoms with Gasteiger partial charge in [-0.1, -0.05) is 6.92 Å². The number of hydrogen-bond donors (Lipinski definition) is 3. The minimum Gasteiger partial charge on any atom is -0.493 e. The van der Waals surface area contributed by atoms with Gasteiger partial charge < -0.3 is 20.3 Å². The molecule has 2 aromatic rings. The largest absolute Gasteiger partial charge is 0.493 e.